The Hall–Kier alpha value is -0.980. The zero-order chi connectivity index (χ0) is 12.1. The number of rotatable bonds is 4. The van der Waals surface area contributed by atoms with E-state index in [1.165, 1.54) is 11.8 Å². The minimum Gasteiger partial charge on any atom is -0.347 e. The smallest absolute Gasteiger partial charge is 0.0192 e. The lowest BCUT2D eigenvalue weighted by Gasteiger charge is -2.27. The molecule has 2 aromatic carbocycles. The van der Waals surface area contributed by atoms with Gasteiger partial charge in [0, 0.05) is 7.14 Å². The van der Waals surface area contributed by atoms with E-state index in [0.29, 0.717) is 0 Å². The normalized spacial score (nSPS) is 11.4. The maximum Gasteiger partial charge on any atom is 0.0192 e. The lowest BCUT2D eigenvalue weighted by molar-refractivity contribution is 0.591. The van der Waals surface area contributed by atoms with Crippen molar-refractivity contribution in [2.24, 2.45) is 0 Å². The van der Waals surface area contributed by atoms with Gasteiger partial charge in [0.15, 0.2) is 0 Å². The van der Waals surface area contributed by atoms with Gasteiger partial charge in [-0.15, -0.1) is 0 Å². The molecule has 0 amide bonds. The van der Waals surface area contributed by atoms with Crippen LogP contribution in [-0.2, 0) is 4.57 Å². The van der Waals surface area contributed by atoms with Crippen molar-refractivity contribution in [3.8, 4) is 0 Å². The van der Waals surface area contributed by atoms with Gasteiger partial charge in [0.25, 0.3) is 0 Å². The third-order valence-electron chi connectivity index (χ3n) is 2.53. The number of thioether (sulfide) groups is 1. The van der Waals surface area contributed by atoms with Crippen molar-refractivity contribution in [3.05, 3.63) is 66.2 Å². The first-order valence-corrected chi connectivity index (χ1v) is 8.42. The molecule has 0 atom stereocenters. The summed E-state index contributed by atoms with van der Waals surface area (Å²) in [5.41, 5.74) is 1.86. The van der Waals surface area contributed by atoms with Gasteiger partial charge in [-0.2, -0.15) is 0 Å². The van der Waals surface area contributed by atoms with Gasteiger partial charge in [-0.3, -0.25) is 0 Å². The Labute approximate surface area is 107 Å². The zero-order valence-corrected chi connectivity index (χ0v) is 11.3. The zero-order valence-electron chi connectivity index (χ0n) is 9.61. The minimum absolute atomic E-state index is 0.889. The van der Waals surface area contributed by atoms with Crippen LogP contribution in [0.25, 0.3) is 0 Å². The van der Waals surface area contributed by atoms with Crippen LogP contribution in [0.3, 0.4) is 0 Å². The van der Waals surface area contributed by atoms with Gasteiger partial charge in [0.05, 0.1) is 0 Å². The molecule has 0 heterocycles. The summed E-state index contributed by atoms with van der Waals surface area (Å²) >= 11 is 1.51. The van der Waals surface area contributed by atoms with E-state index >= 15 is 0 Å². The van der Waals surface area contributed by atoms with Gasteiger partial charge < -0.3 is 16.3 Å². The Bertz CT molecular complexity index is 467. The van der Waals surface area contributed by atoms with Gasteiger partial charge in [0.2, 0.25) is 0 Å². The Balaban J connectivity index is 2.51. The van der Waals surface area contributed by atoms with E-state index in [1.54, 1.807) is 0 Å². The Morgan fingerprint density at radius 3 is 1.65 bits per heavy atom. The molecule has 0 saturated heterocycles. The average Bonchev–Trinajstić information content (AvgIpc) is 2.41. The molecule has 0 aliphatic heterocycles. The van der Waals surface area contributed by atoms with Gasteiger partial charge in [-0.1, -0.05) is 60.7 Å². The Kier molecular flexibility index (Phi) is 4.09. The summed E-state index contributed by atoms with van der Waals surface area (Å²) in [6.07, 6.45) is 1.94. The molecule has 0 bridgehead atoms. The van der Waals surface area contributed by atoms with Crippen LogP contribution in [-0.4, -0.2) is 6.26 Å². The fraction of sp³-hybridized carbons (Fsp3) is 0.0714. The van der Waals surface area contributed by atoms with Gasteiger partial charge >= 0.3 is 0 Å². The molecule has 3 heteroatoms. The second-order valence-corrected chi connectivity index (χ2v) is 7.33. The molecule has 0 aliphatic carbocycles. The predicted octanol–water partition coefficient (Wildman–Crippen LogP) is 3.48. The SMILES string of the molecule is CS[CH-]P(=O)(c1ccccc1)c1ccccc1. The first-order valence-electron chi connectivity index (χ1n) is 5.35. The summed E-state index contributed by atoms with van der Waals surface area (Å²) in [5, 5.41) is 1.78. The van der Waals surface area contributed by atoms with Crippen LogP contribution < -0.4 is 10.6 Å². The van der Waals surface area contributed by atoms with Crippen LogP contribution >= 0.6 is 18.9 Å². The third kappa shape index (κ3) is 2.65. The highest BCUT2D eigenvalue weighted by molar-refractivity contribution is 8.10. The Morgan fingerprint density at radius 2 is 1.29 bits per heavy atom. The van der Waals surface area contributed by atoms with Gasteiger partial charge in [-0.05, 0) is 16.9 Å². The summed E-state index contributed by atoms with van der Waals surface area (Å²) in [4.78, 5) is 0. The molecule has 1 nitrogen and oxygen atoms in total. The van der Waals surface area contributed by atoms with E-state index in [-0.39, 0.29) is 0 Å². The monoisotopic (exact) mass is 261 g/mol. The first-order chi connectivity index (χ1) is 8.27. The highest BCUT2D eigenvalue weighted by atomic mass is 32.2. The molecule has 0 unspecified atom stereocenters. The standard InChI is InChI=1S/C14H14OPS/c1-17-12-16(15,13-8-4-2-5-9-13)14-10-6-3-7-11-14/h2-12H,1H3/q-1. The predicted molar refractivity (Wildman–Crippen MR) is 77.6 cm³/mol. The summed E-state index contributed by atoms with van der Waals surface area (Å²) in [6, 6.07) is 19.3. The molecule has 17 heavy (non-hydrogen) atoms. The lowest BCUT2D eigenvalue weighted by atomic mass is 10.4. The molecular formula is C14H14OPS-. The van der Waals surface area contributed by atoms with Crippen LogP contribution in [0.2, 0.25) is 0 Å². The molecule has 0 aromatic heterocycles. The second-order valence-electron chi connectivity index (χ2n) is 3.67. The lowest BCUT2D eigenvalue weighted by Crippen LogP contribution is -2.15. The van der Waals surface area contributed by atoms with Crippen molar-refractivity contribution in [2.75, 3.05) is 6.26 Å². The van der Waals surface area contributed by atoms with Crippen molar-refractivity contribution in [1.82, 2.24) is 0 Å². The molecule has 88 valence electrons. The molecule has 0 radical (unpaired) electrons. The molecule has 0 N–H and O–H groups in total. The van der Waals surface area contributed by atoms with Crippen LogP contribution in [0.15, 0.2) is 60.7 Å². The maximum absolute atomic E-state index is 13.1. The van der Waals surface area contributed by atoms with Crippen LogP contribution in [0, 0.1) is 5.49 Å². The number of benzene rings is 2. The van der Waals surface area contributed by atoms with E-state index in [1.807, 2.05) is 72.4 Å². The molecule has 0 spiro atoms. The van der Waals surface area contributed by atoms with E-state index < -0.39 is 7.14 Å². The van der Waals surface area contributed by atoms with Gasteiger partial charge in [0.1, 0.15) is 0 Å². The topological polar surface area (TPSA) is 17.1 Å². The summed E-state index contributed by atoms with van der Waals surface area (Å²) in [6.45, 7) is 0. The fourth-order valence-corrected chi connectivity index (χ4v) is 5.41. The van der Waals surface area contributed by atoms with Crippen LogP contribution in [0.4, 0.5) is 0 Å². The maximum atomic E-state index is 13.1. The summed E-state index contributed by atoms with van der Waals surface area (Å²) in [7, 11) is -2.59. The van der Waals surface area contributed by atoms with Crippen molar-refractivity contribution >= 4 is 29.5 Å². The van der Waals surface area contributed by atoms with Crippen molar-refractivity contribution < 1.29 is 4.57 Å². The van der Waals surface area contributed by atoms with Crippen molar-refractivity contribution in [1.29, 1.82) is 0 Å². The average molecular weight is 261 g/mol. The summed E-state index contributed by atoms with van der Waals surface area (Å²) < 4.78 is 13.1. The van der Waals surface area contributed by atoms with Crippen LogP contribution in [0.5, 0.6) is 0 Å². The minimum atomic E-state index is -2.59. The highest BCUT2D eigenvalue weighted by Crippen LogP contribution is 2.49. The quantitative estimate of drug-likeness (QED) is 0.619. The van der Waals surface area contributed by atoms with Crippen molar-refractivity contribution in [2.45, 2.75) is 0 Å². The molecule has 2 aromatic rings. The molecular weight excluding hydrogens is 247 g/mol. The van der Waals surface area contributed by atoms with E-state index in [2.05, 4.69) is 0 Å². The van der Waals surface area contributed by atoms with Crippen molar-refractivity contribution in [3.63, 3.8) is 0 Å². The largest absolute Gasteiger partial charge is 0.347 e. The number of hydrogen-bond donors (Lipinski definition) is 0. The first kappa shape index (κ1) is 12.5. The highest BCUT2D eigenvalue weighted by Gasteiger charge is 2.16. The number of hydrogen-bond acceptors (Lipinski definition) is 2. The van der Waals surface area contributed by atoms with E-state index in [4.69, 9.17) is 0 Å². The van der Waals surface area contributed by atoms with E-state index in [0.717, 1.165) is 10.6 Å². The fourth-order valence-electron chi connectivity index (χ4n) is 1.72. The molecule has 0 aliphatic rings. The third-order valence-corrected chi connectivity index (χ3v) is 6.69. The summed E-state index contributed by atoms with van der Waals surface area (Å²) in [5.74, 6) is 0. The van der Waals surface area contributed by atoms with Gasteiger partial charge in [-0.25, -0.2) is 5.49 Å². The Morgan fingerprint density at radius 1 is 0.882 bits per heavy atom. The second kappa shape index (κ2) is 5.57. The molecule has 0 saturated carbocycles. The molecule has 2 rings (SSSR count). The van der Waals surface area contributed by atoms with E-state index in [9.17, 15) is 4.57 Å². The van der Waals surface area contributed by atoms with Crippen LogP contribution in [0.1, 0.15) is 0 Å². The molecule has 0 fully saturated rings.